The van der Waals surface area contributed by atoms with Crippen molar-refractivity contribution in [1.29, 1.82) is 0 Å². The molecule has 4 rings (SSSR count). The van der Waals surface area contributed by atoms with Gasteiger partial charge in [-0.15, -0.1) is 0 Å². The molecule has 4 nitrogen and oxygen atoms in total. The van der Waals surface area contributed by atoms with E-state index in [-0.39, 0.29) is 17.8 Å². The zero-order valence-corrected chi connectivity index (χ0v) is 16.7. The average molecular weight is 413 g/mol. The molecule has 5 heteroatoms. The van der Waals surface area contributed by atoms with Gasteiger partial charge in [0, 0.05) is 12.0 Å². The van der Waals surface area contributed by atoms with E-state index in [2.05, 4.69) is 4.98 Å². The smallest absolute Gasteiger partial charge is 0.337 e. The molecule has 0 aliphatic rings. The van der Waals surface area contributed by atoms with E-state index >= 15 is 0 Å². The molecule has 0 aliphatic carbocycles. The third-order valence-corrected chi connectivity index (χ3v) is 4.89. The van der Waals surface area contributed by atoms with Gasteiger partial charge in [0.25, 0.3) is 0 Å². The molecular weight excluding hydrogens is 393 g/mol. The number of ether oxygens (including phenoxy) is 1. The van der Waals surface area contributed by atoms with Crippen LogP contribution >= 0.6 is 0 Å². The molecule has 1 N–H and O–H groups in total. The Morgan fingerprint density at radius 3 is 2.29 bits per heavy atom. The summed E-state index contributed by atoms with van der Waals surface area (Å²) >= 11 is 0. The highest BCUT2D eigenvalue weighted by Crippen LogP contribution is 2.30. The Bertz CT molecular complexity index is 1190. The first kappa shape index (κ1) is 20.3. The van der Waals surface area contributed by atoms with Gasteiger partial charge in [-0.25, -0.2) is 9.18 Å². The molecule has 31 heavy (non-hydrogen) atoms. The largest absolute Gasteiger partial charge is 0.488 e. The highest BCUT2D eigenvalue weighted by atomic mass is 19.1. The molecule has 1 heterocycles. The number of aromatic carboxylic acids is 1. The molecule has 0 fully saturated rings. The molecule has 1 aromatic heterocycles. The van der Waals surface area contributed by atoms with Crippen molar-refractivity contribution < 1.29 is 19.0 Å². The van der Waals surface area contributed by atoms with Crippen molar-refractivity contribution in [3.63, 3.8) is 0 Å². The Hall–Kier alpha value is -3.99. The van der Waals surface area contributed by atoms with Gasteiger partial charge < -0.3 is 9.84 Å². The lowest BCUT2D eigenvalue weighted by atomic mass is 10.0. The van der Waals surface area contributed by atoms with Gasteiger partial charge in [0.15, 0.2) is 0 Å². The average Bonchev–Trinajstić information content (AvgIpc) is 2.80. The molecule has 0 saturated carbocycles. The number of hydrogen-bond acceptors (Lipinski definition) is 3. The van der Waals surface area contributed by atoms with E-state index in [1.165, 1.54) is 12.1 Å². The van der Waals surface area contributed by atoms with Gasteiger partial charge in [0.2, 0.25) is 0 Å². The second-order valence-corrected chi connectivity index (χ2v) is 7.07. The number of carboxylic acids is 1. The van der Waals surface area contributed by atoms with Crippen molar-refractivity contribution in [3.05, 3.63) is 119 Å². The van der Waals surface area contributed by atoms with E-state index in [0.717, 1.165) is 16.7 Å². The van der Waals surface area contributed by atoms with Crippen LogP contribution in [0, 0.1) is 5.82 Å². The van der Waals surface area contributed by atoms with Crippen molar-refractivity contribution in [3.8, 4) is 17.0 Å². The summed E-state index contributed by atoms with van der Waals surface area (Å²) in [5.74, 6) is -0.729. The van der Waals surface area contributed by atoms with Crippen molar-refractivity contribution >= 4 is 5.97 Å². The van der Waals surface area contributed by atoms with Gasteiger partial charge in [-0.2, -0.15) is 0 Å². The fourth-order valence-electron chi connectivity index (χ4n) is 3.32. The molecule has 0 bridgehead atoms. The topological polar surface area (TPSA) is 59.4 Å². The zero-order valence-electron chi connectivity index (χ0n) is 16.7. The van der Waals surface area contributed by atoms with E-state index in [4.69, 9.17) is 4.74 Å². The SMILES string of the molecule is O=C(O)c1ccc(-c2ccccc2OCc2ccccc2)nc1Cc1ccc(F)cc1. The van der Waals surface area contributed by atoms with E-state index < -0.39 is 5.97 Å². The zero-order chi connectivity index (χ0) is 21.6. The van der Waals surface area contributed by atoms with E-state index in [1.54, 1.807) is 24.3 Å². The molecule has 0 radical (unpaired) electrons. The maximum absolute atomic E-state index is 13.2. The first-order valence-corrected chi connectivity index (χ1v) is 9.84. The summed E-state index contributed by atoms with van der Waals surface area (Å²) in [4.78, 5) is 16.4. The maximum atomic E-state index is 13.2. The van der Waals surface area contributed by atoms with Crippen LogP contribution in [-0.4, -0.2) is 16.1 Å². The molecule has 4 aromatic rings. The first-order valence-electron chi connectivity index (χ1n) is 9.84. The van der Waals surface area contributed by atoms with Gasteiger partial charge >= 0.3 is 5.97 Å². The lowest BCUT2D eigenvalue weighted by molar-refractivity contribution is 0.0695. The molecule has 0 saturated heterocycles. The van der Waals surface area contributed by atoms with Gasteiger partial charge in [0.1, 0.15) is 18.2 Å². The Balaban J connectivity index is 1.66. The Kier molecular flexibility index (Phi) is 6.03. The Morgan fingerprint density at radius 2 is 1.55 bits per heavy atom. The number of para-hydroxylation sites is 1. The molecule has 0 atom stereocenters. The predicted molar refractivity (Wildman–Crippen MR) is 117 cm³/mol. The highest BCUT2D eigenvalue weighted by molar-refractivity contribution is 5.89. The quantitative estimate of drug-likeness (QED) is 0.419. The van der Waals surface area contributed by atoms with Crippen LogP contribution in [0.4, 0.5) is 4.39 Å². The van der Waals surface area contributed by atoms with Gasteiger partial charge in [-0.1, -0.05) is 54.6 Å². The van der Waals surface area contributed by atoms with Gasteiger partial charge in [-0.05, 0) is 47.5 Å². The van der Waals surface area contributed by atoms with Crippen LogP contribution in [-0.2, 0) is 13.0 Å². The minimum atomic E-state index is -1.05. The molecule has 154 valence electrons. The fourth-order valence-corrected chi connectivity index (χ4v) is 3.32. The van der Waals surface area contributed by atoms with Crippen molar-refractivity contribution in [2.45, 2.75) is 13.0 Å². The monoisotopic (exact) mass is 413 g/mol. The third kappa shape index (κ3) is 4.95. The summed E-state index contributed by atoms with van der Waals surface area (Å²) in [6, 6.07) is 26.6. The highest BCUT2D eigenvalue weighted by Gasteiger charge is 2.16. The molecule has 0 amide bonds. The lowest BCUT2D eigenvalue weighted by Gasteiger charge is -2.13. The molecule has 0 aliphatic heterocycles. The number of pyridine rings is 1. The van der Waals surface area contributed by atoms with Crippen LogP contribution in [0.5, 0.6) is 5.75 Å². The van der Waals surface area contributed by atoms with Crippen LogP contribution in [0.25, 0.3) is 11.3 Å². The summed E-state index contributed by atoms with van der Waals surface area (Å²) < 4.78 is 19.3. The van der Waals surface area contributed by atoms with Crippen LogP contribution in [0.3, 0.4) is 0 Å². The lowest BCUT2D eigenvalue weighted by Crippen LogP contribution is -2.07. The second-order valence-electron chi connectivity index (χ2n) is 7.07. The minimum absolute atomic E-state index is 0.121. The molecule has 3 aromatic carbocycles. The van der Waals surface area contributed by atoms with Crippen molar-refractivity contribution in [2.24, 2.45) is 0 Å². The number of rotatable bonds is 7. The van der Waals surface area contributed by atoms with E-state index in [9.17, 15) is 14.3 Å². The summed E-state index contributed by atoms with van der Waals surface area (Å²) in [6.45, 7) is 0.410. The molecule has 0 spiro atoms. The summed E-state index contributed by atoms with van der Waals surface area (Å²) in [6.07, 6.45) is 0.281. The summed E-state index contributed by atoms with van der Waals surface area (Å²) in [7, 11) is 0. The number of halogens is 1. The second kappa shape index (κ2) is 9.22. The Labute approximate surface area is 179 Å². The first-order chi connectivity index (χ1) is 15.1. The number of nitrogens with zero attached hydrogens (tertiary/aromatic N) is 1. The van der Waals surface area contributed by atoms with Crippen LogP contribution < -0.4 is 4.74 Å². The van der Waals surface area contributed by atoms with Crippen LogP contribution in [0.15, 0.2) is 91.0 Å². The number of benzene rings is 3. The Morgan fingerprint density at radius 1 is 0.839 bits per heavy atom. The minimum Gasteiger partial charge on any atom is -0.488 e. The number of carboxylic acid groups (broad SMARTS) is 1. The van der Waals surface area contributed by atoms with Gasteiger partial charge in [-0.3, -0.25) is 4.98 Å². The van der Waals surface area contributed by atoms with E-state index in [1.807, 2.05) is 54.6 Å². The normalized spacial score (nSPS) is 10.6. The fraction of sp³-hybridized carbons (Fsp3) is 0.0769. The van der Waals surface area contributed by atoms with E-state index in [0.29, 0.717) is 23.7 Å². The molecular formula is C26H20FNO3. The summed E-state index contributed by atoms with van der Waals surface area (Å²) in [5, 5.41) is 9.59. The third-order valence-electron chi connectivity index (χ3n) is 4.89. The van der Waals surface area contributed by atoms with Crippen molar-refractivity contribution in [1.82, 2.24) is 4.98 Å². The van der Waals surface area contributed by atoms with Gasteiger partial charge in [0.05, 0.1) is 17.0 Å². The number of aromatic nitrogens is 1. The van der Waals surface area contributed by atoms with Crippen molar-refractivity contribution in [2.75, 3.05) is 0 Å². The molecule has 0 unspecified atom stereocenters. The standard InChI is InChI=1S/C26H20FNO3/c27-20-12-10-18(11-13-20)16-24-22(26(29)30)14-15-23(28-24)21-8-4-5-9-25(21)31-17-19-6-2-1-3-7-19/h1-15H,16-17H2,(H,29,30). The van der Waals surface area contributed by atoms with Crippen LogP contribution in [0.2, 0.25) is 0 Å². The number of carbonyl (C=O) groups is 1. The maximum Gasteiger partial charge on any atom is 0.337 e. The van der Waals surface area contributed by atoms with Crippen LogP contribution in [0.1, 0.15) is 27.2 Å². The summed E-state index contributed by atoms with van der Waals surface area (Å²) in [5.41, 5.74) is 3.75. The number of hydrogen-bond donors (Lipinski definition) is 1. The predicted octanol–water partition coefficient (Wildman–Crippen LogP) is 5.76.